The molecule has 3 aromatic rings. The van der Waals surface area contributed by atoms with Crippen LogP contribution in [-0.2, 0) is 20.7 Å². The highest BCUT2D eigenvalue weighted by molar-refractivity contribution is 6.35. The Labute approximate surface area is 166 Å². The lowest BCUT2D eigenvalue weighted by Gasteiger charge is -2.14. The number of anilines is 1. The van der Waals surface area contributed by atoms with Crippen molar-refractivity contribution in [2.75, 3.05) is 5.32 Å². The number of rotatable bonds is 6. The first-order chi connectivity index (χ1) is 12.9. The van der Waals surface area contributed by atoms with Crippen molar-refractivity contribution in [2.45, 2.75) is 25.9 Å². The maximum absolute atomic E-state index is 12.2. The highest BCUT2D eigenvalue weighted by Crippen LogP contribution is 2.23. The number of ether oxygens (including phenoxy) is 1. The molecule has 0 saturated heterocycles. The largest absolute Gasteiger partial charge is 0.453 e. The molecule has 5 nitrogen and oxygen atoms in total. The molecule has 0 radical (unpaired) electrons. The molecule has 2 N–H and O–H groups in total. The predicted molar refractivity (Wildman–Crippen MR) is 107 cm³/mol. The topological polar surface area (TPSA) is 71.2 Å². The number of benzene rings is 2. The van der Waals surface area contributed by atoms with Gasteiger partial charge in [-0.3, -0.25) is 9.59 Å². The van der Waals surface area contributed by atoms with Crippen LogP contribution in [-0.4, -0.2) is 23.0 Å². The molecule has 0 spiro atoms. The lowest BCUT2D eigenvalue weighted by Crippen LogP contribution is -2.30. The summed E-state index contributed by atoms with van der Waals surface area (Å²) >= 11 is 11.8. The van der Waals surface area contributed by atoms with E-state index in [9.17, 15) is 9.59 Å². The maximum Gasteiger partial charge on any atom is 0.306 e. The van der Waals surface area contributed by atoms with Gasteiger partial charge >= 0.3 is 5.97 Å². The number of carbonyl (C=O) groups excluding carboxylic acids is 2. The third-order valence-electron chi connectivity index (χ3n) is 4.08. The first-order valence-corrected chi connectivity index (χ1v) is 9.19. The van der Waals surface area contributed by atoms with Gasteiger partial charge in [0.15, 0.2) is 6.10 Å². The molecular formula is C20H18Cl2N2O3. The number of hydrogen-bond donors (Lipinski definition) is 2. The number of fused-ring (bicyclic) bond motifs is 1. The van der Waals surface area contributed by atoms with Crippen molar-refractivity contribution in [1.82, 2.24) is 4.98 Å². The normalized spacial score (nSPS) is 12.0. The lowest BCUT2D eigenvalue weighted by molar-refractivity contribution is -0.153. The molecule has 27 heavy (non-hydrogen) atoms. The fraction of sp³-hybridized carbons (Fsp3) is 0.200. The van der Waals surface area contributed by atoms with Crippen LogP contribution in [0.2, 0.25) is 10.0 Å². The van der Waals surface area contributed by atoms with E-state index in [2.05, 4.69) is 10.3 Å². The molecule has 1 heterocycles. The number of amides is 1. The summed E-state index contributed by atoms with van der Waals surface area (Å²) in [4.78, 5) is 27.5. The Hall–Kier alpha value is -2.50. The molecule has 0 unspecified atom stereocenters. The van der Waals surface area contributed by atoms with Gasteiger partial charge in [-0.2, -0.15) is 0 Å². The summed E-state index contributed by atoms with van der Waals surface area (Å²) < 4.78 is 5.23. The second-order valence-electron chi connectivity index (χ2n) is 6.14. The van der Waals surface area contributed by atoms with E-state index >= 15 is 0 Å². The number of hydrogen-bond acceptors (Lipinski definition) is 3. The number of para-hydroxylation sites is 1. The van der Waals surface area contributed by atoms with Crippen LogP contribution in [0.5, 0.6) is 0 Å². The van der Waals surface area contributed by atoms with Crippen molar-refractivity contribution in [3.63, 3.8) is 0 Å². The lowest BCUT2D eigenvalue weighted by atomic mass is 10.1. The monoisotopic (exact) mass is 404 g/mol. The second kappa shape index (κ2) is 8.46. The van der Waals surface area contributed by atoms with Crippen LogP contribution in [0.4, 0.5) is 5.69 Å². The summed E-state index contributed by atoms with van der Waals surface area (Å²) in [5.41, 5.74) is 2.50. The van der Waals surface area contributed by atoms with Gasteiger partial charge in [0.05, 0.1) is 0 Å². The summed E-state index contributed by atoms with van der Waals surface area (Å²) in [5, 5.41) is 4.52. The van der Waals surface area contributed by atoms with E-state index < -0.39 is 18.0 Å². The van der Waals surface area contributed by atoms with Gasteiger partial charge in [-0.05, 0) is 43.2 Å². The molecule has 2 aromatic carbocycles. The summed E-state index contributed by atoms with van der Waals surface area (Å²) in [6, 6.07) is 12.6. The minimum atomic E-state index is -0.932. The van der Waals surface area contributed by atoms with E-state index in [1.165, 1.54) is 6.92 Å². The Bertz CT molecular complexity index is 964. The standard InChI is InChI=1S/C20H18Cl2N2O3/c1-12(20(26)24-16-9-14(21)8-15(22)10-16)27-19(25)7-6-13-11-23-18-5-3-2-4-17(13)18/h2-5,8-12,23H,6-7H2,1H3,(H,24,26)/t12-/m1/s1. The Morgan fingerprint density at radius 1 is 1.15 bits per heavy atom. The van der Waals surface area contributed by atoms with Gasteiger partial charge in [0.1, 0.15) is 0 Å². The van der Waals surface area contributed by atoms with Gasteiger partial charge in [-0.15, -0.1) is 0 Å². The average Bonchev–Trinajstić information content (AvgIpc) is 3.02. The molecule has 0 bridgehead atoms. The number of carbonyl (C=O) groups is 2. The summed E-state index contributed by atoms with van der Waals surface area (Å²) in [6.45, 7) is 1.52. The zero-order valence-electron chi connectivity index (χ0n) is 14.6. The summed E-state index contributed by atoms with van der Waals surface area (Å²) in [5.74, 6) is -0.888. The quantitative estimate of drug-likeness (QED) is 0.569. The van der Waals surface area contributed by atoms with Crippen LogP contribution < -0.4 is 5.32 Å². The van der Waals surface area contributed by atoms with Gasteiger partial charge in [0, 0.05) is 39.3 Å². The third-order valence-corrected chi connectivity index (χ3v) is 4.52. The Balaban J connectivity index is 1.53. The van der Waals surface area contributed by atoms with Crippen molar-refractivity contribution in [3.8, 4) is 0 Å². The number of nitrogens with one attached hydrogen (secondary N) is 2. The van der Waals surface area contributed by atoms with Crippen LogP contribution in [0.3, 0.4) is 0 Å². The fourth-order valence-electron chi connectivity index (χ4n) is 2.75. The number of esters is 1. The van der Waals surface area contributed by atoms with E-state index in [0.717, 1.165) is 16.5 Å². The van der Waals surface area contributed by atoms with Crippen LogP contribution in [0, 0.1) is 0 Å². The molecule has 0 aliphatic rings. The van der Waals surface area contributed by atoms with Crippen molar-refractivity contribution in [3.05, 3.63) is 64.3 Å². The molecule has 0 fully saturated rings. The Kier molecular flexibility index (Phi) is 6.04. The highest BCUT2D eigenvalue weighted by atomic mass is 35.5. The maximum atomic E-state index is 12.2. The summed E-state index contributed by atoms with van der Waals surface area (Å²) in [6.07, 6.45) is 1.67. The van der Waals surface area contributed by atoms with Crippen molar-refractivity contribution in [2.24, 2.45) is 0 Å². The summed E-state index contributed by atoms with van der Waals surface area (Å²) in [7, 11) is 0. The van der Waals surface area contributed by atoms with Gasteiger partial charge in [-0.1, -0.05) is 41.4 Å². The van der Waals surface area contributed by atoms with Crippen LogP contribution in [0.25, 0.3) is 10.9 Å². The predicted octanol–water partition coefficient (Wildman–Crippen LogP) is 4.98. The fourth-order valence-corrected chi connectivity index (χ4v) is 3.28. The number of aromatic amines is 1. The van der Waals surface area contributed by atoms with Crippen molar-refractivity contribution in [1.29, 1.82) is 0 Å². The van der Waals surface area contributed by atoms with E-state index in [1.54, 1.807) is 18.2 Å². The molecule has 3 rings (SSSR count). The first kappa shape index (κ1) is 19.3. The Morgan fingerprint density at radius 3 is 2.59 bits per heavy atom. The van der Waals surface area contributed by atoms with E-state index in [4.69, 9.17) is 27.9 Å². The van der Waals surface area contributed by atoms with Gasteiger partial charge in [0.25, 0.3) is 5.91 Å². The molecule has 0 saturated carbocycles. The third kappa shape index (κ3) is 5.02. The minimum Gasteiger partial charge on any atom is -0.453 e. The van der Waals surface area contributed by atoms with Crippen LogP contribution in [0.1, 0.15) is 18.9 Å². The van der Waals surface area contributed by atoms with Crippen LogP contribution >= 0.6 is 23.2 Å². The molecule has 0 aliphatic carbocycles. The Morgan fingerprint density at radius 2 is 1.85 bits per heavy atom. The number of aromatic nitrogens is 1. The molecule has 0 aliphatic heterocycles. The molecule has 1 aromatic heterocycles. The van der Waals surface area contributed by atoms with Crippen molar-refractivity contribution < 1.29 is 14.3 Å². The number of halogens is 2. The second-order valence-corrected chi connectivity index (χ2v) is 7.01. The molecule has 140 valence electrons. The zero-order valence-corrected chi connectivity index (χ0v) is 16.1. The number of H-pyrrole nitrogens is 1. The number of aryl methyl sites for hydroxylation is 1. The first-order valence-electron chi connectivity index (χ1n) is 8.44. The molecule has 1 atom stereocenters. The molecule has 1 amide bonds. The minimum absolute atomic E-state index is 0.183. The van der Waals surface area contributed by atoms with Gasteiger partial charge in [-0.25, -0.2) is 0 Å². The van der Waals surface area contributed by atoms with E-state index in [-0.39, 0.29) is 6.42 Å². The highest BCUT2D eigenvalue weighted by Gasteiger charge is 2.18. The van der Waals surface area contributed by atoms with E-state index in [0.29, 0.717) is 22.2 Å². The average molecular weight is 405 g/mol. The molecular weight excluding hydrogens is 387 g/mol. The SMILES string of the molecule is C[C@@H](OC(=O)CCc1c[nH]c2ccccc12)C(=O)Nc1cc(Cl)cc(Cl)c1. The van der Waals surface area contributed by atoms with Gasteiger partial charge in [0.2, 0.25) is 0 Å². The van der Waals surface area contributed by atoms with Crippen molar-refractivity contribution >= 4 is 51.7 Å². The molecule has 7 heteroatoms. The zero-order chi connectivity index (χ0) is 19.4. The van der Waals surface area contributed by atoms with Crippen LogP contribution in [0.15, 0.2) is 48.7 Å². The smallest absolute Gasteiger partial charge is 0.306 e. The van der Waals surface area contributed by atoms with Gasteiger partial charge < -0.3 is 15.0 Å². The van der Waals surface area contributed by atoms with E-state index in [1.807, 2.05) is 30.5 Å².